The number of nitrogens with zero attached hydrogens (tertiary/aromatic N) is 1. The van der Waals surface area contributed by atoms with Crippen LogP contribution in [0, 0.1) is 11.7 Å². The van der Waals surface area contributed by atoms with Crippen molar-refractivity contribution in [2.24, 2.45) is 5.92 Å². The Bertz CT molecular complexity index is 392. The van der Waals surface area contributed by atoms with E-state index in [9.17, 15) is 14.0 Å². The topological polar surface area (TPSA) is 56.3 Å². The van der Waals surface area contributed by atoms with E-state index in [-0.39, 0.29) is 5.56 Å². The second-order valence-corrected chi connectivity index (χ2v) is 3.00. The smallest absolute Gasteiger partial charge is 0.316 e. The highest BCUT2D eigenvalue weighted by Crippen LogP contribution is 2.10. The van der Waals surface area contributed by atoms with Gasteiger partial charge in [0.1, 0.15) is 11.7 Å². The molecule has 1 rings (SSSR count). The monoisotopic (exact) mass is 211 g/mol. The number of halogens is 1. The Balaban J connectivity index is 2.90. The van der Waals surface area contributed by atoms with Gasteiger partial charge in [0.05, 0.1) is 13.3 Å². The summed E-state index contributed by atoms with van der Waals surface area (Å²) in [7, 11) is 1.19. The summed E-state index contributed by atoms with van der Waals surface area (Å²) < 4.78 is 17.2. The van der Waals surface area contributed by atoms with Gasteiger partial charge >= 0.3 is 5.97 Å². The van der Waals surface area contributed by atoms with E-state index in [0.29, 0.717) is 0 Å². The van der Waals surface area contributed by atoms with Crippen molar-refractivity contribution in [3.05, 3.63) is 29.8 Å². The summed E-state index contributed by atoms with van der Waals surface area (Å²) in [6.07, 6.45) is 2.20. The second-order valence-electron chi connectivity index (χ2n) is 3.00. The van der Waals surface area contributed by atoms with Gasteiger partial charge in [0, 0.05) is 11.8 Å². The number of Topliss-reactive ketones (excluding diaryl/α,β-unsaturated/α-hetero) is 1. The van der Waals surface area contributed by atoms with E-state index in [1.54, 1.807) is 0 Å². The van der Waals surface area contributed by atoms with Gasteiger partial charge in [-0.2, -0.15) is 0 Å². The average molecular weight is 211 g/mol. The van der Waals surface area contributed by atoms with E-state index in [1.807, 2.05) is 0 Å². The fourth-order valence-electron chi connectivity index (χ4n) is 1.08. The van der Waals surface area contributed by atoms with Gasteiger partial charge in [0.15, 0.2) is 5.78 Å². The normalized spacial score (nSPS) is 11.9. The van der Waals surface area contributed by atoms with Crippen LogP contribution in [0.1, 0.15) is 17.3 Å². The fraction of sp³-hybridized carbons (Fsp3) is 0.300. The molecule has 0 N–H and O–H groups in total. The van der Waals surface area contributed by atoms with Crippen LogP contribution >= 0.6 is 0 Å². The average Bonchev–Trinajstić information content (AvgIpc) is 2.26. The molecule has 1 atom stereocenters. The molecule has 1 aromatic rings. The molecule has 0 spiro atoms. The highest BCUT2D eigenvalue weighted by atomic mass is 19.1. The second kappa shape index (κ2) is 4.63. The molecule has 0 saturated carbocycles. The molecule has 1 unspecified atom stereocenters. The molecule has 0 fully saturated rings. The van der Waals surface area contributed by atoms with Crippen LogP contribution in [0.15, 0.2) is 18.5 Å². The predicted octanol–water partition coefficient (Wildman–Crippen LogP) is 1.21. The first-order valence-corrected chi connectivity index (χ1v) is 4.29. The Hall–Kier alpha value is -1.78. The lowest BCUT2D eigenvalue weighted by Gasteiger charge is -2.07. The van der Waals surface area contributed by atoms with Crippen LogP contribution in [0.2, 0.25) is 0 Å². The highest BCUT2D eigenvalue weighted by Gasteiger charge is 2.23. The van der Waals surface area contributed by atoms with Crippen LogP contribution in [0.25, 0.3) is 0 Å². The summed E-state index contributed by atoms with van der Waals surface area (Å²) in [5, 5.41) is 0. The number of esters is 1. The molecule has 0 aliphatic rings. The van der Waals surface area contributed by atoms with Crippen LogP contribution in [0.3, 0.4) is 0 Å². The molecule has 0 aromatic carbocycles. The maximum absolute atomic E-state index is 12.7. The Labute approximate surface area is 86.1 Å². The van der Waals surface area contributed by atoms with Gasteiger partial charge in [-0.25, -0.2) is 4.39 Å². The van der Waals surface area contributed by atoms with Crippen LogP contribution in [0.5, 0.6) is 0 Å². The number of carbonyl (C=O) groups excluding carboxylic acids is 2. The maximum Gasteiger partial charge on any atom is 0.316 e. The zero-order chi connectivity index (χ0) is 11.4. The first-order chi connectivity index (χ1) is 7.06. The van der Waals surface area contributed by atoms with E-state index in [0.717, 1.165) is 12.3 Å². The number of methoxy groups -OCH3 is 1. The minimum absolute atomic E-state index is 0.0629. The molecule has 15 heavy (non-hydrogen) atoms. The molecule has 0 aliphatic carbocycles. The number of ether oxygens (including phenoxy) is 1. The Morgan fingerprint density at radius 1 is 1.47 bits per heavy atom. The minimum atomic E-state index is -0.946. The number of rotatable bonds is 3. The Morgan fingerprint density at radius 2 is 2.13 bits per heavy atom. The molecule has 80 valence electrons. The van der Waals surface area contributed by atoms with Gasteiger partial charge in [0.2, 0.25) is 0 Å². The van der Waals surface area contributed by atoms with Crippen molar-refractivity contribution in [3.63, 3.8) is 0 Å². The van der Waals surface area contributed by atoms with Crippen molar-refractivity contribution in [1.82, 2.24) is 4.98 Å². The molecule has 0 bridgehead atoms. The van der Waals surface area contributed by atoms with Crippen molar-refractivity contribution in [3.8, 4) is 0 Å². The largest absolute Gasteiger partial charge is 0.468 e. The van der Waals surface area contributed by atoms with Crippen molar-refractivity contribution >= 4 is 11.8 Å². The zero-order valence-corrected chi connectivity index (χ0v) is 8.36. The molecule has 1 heterocycles. The first kappa shape index (κ1) is 11.3. The Kier molecular flexibility index (Phi) is 3.49. The van der Waals surface area contributed by atoms with Gasteiger partial charge in [0.25, 0.3) is 0 Å². The molecule has 0 aliphatic heterocycles. The van der Waals surface area contributed by atoms with Gasteiger partial charge in [-0.05, 0) is 13.0 Å². The summed E-state index contributed by atoms with van der Waals surface area (Å²) in [4.78, 5) is 26.2. The molecule has 4 nitrogen and oxygen atoms in total. The number of ketones is 1. The third kappa shape index (κ3) is 2.59. The van der Waals surface area contributed by atoms with Crippen molar-refractivity contribution < 1.29 is 18.7 Å². The lowest BCUT2D eigenvalue weighted by molar-refractivity contribution is -0.143. The van der Waals surface area contributed by atoms with Crippen LogP contribution in [0.4, 0.5) is 4.39 Å². The molecule has 0 saturated heterocycles. The number of carbonyl (C=O) groups is 2. The van der Waals surface area contributed by atoms with Crippen LogP contribution in [-0.2, 0) is 9.53 Å². The predicted molar refractivity (Wildman–Crippen MR) is 49.7 cm³/mol. The third-order valence-corrected chi connectivity index (χ3v) is 1.94. The lowest BCUT2D eigenvalue weighted by Crippen LogP contribution is -2.22. The summed E-state index contributed by atoms with van der Waals surface area (Å²) in [6.45, 7) is 1.40. The van der Waals surface area contributed by atoms with E-state index in [4.69, 9.17) is 0 Å². The van der Waals surface area contributed by atoms with E-state index < -0.39 is 23.5 Å². The van der Waals surface area contributed by atoms with E-state index in [2.05, 4.69) is 9.72 Å². The summed E-state index contributed by atoms with van der Waals surface area (Å²) >= 11 is 0. The maximum atomic E-state index is 12.7. The number of hydrogen-bond acceptors (Lipinski definition) is 4. The molecule has 0 radical (unpaired) electrons. The molecular weight excluding hydrogens is 201 g/mol. The minimum Gasteiger partial charge on any atom is -0.468 e. The fourth-order valence-corrected chi connectivity index (χ4v) is 1.08. The number of aromatic nitrogens is 1. The van der Waals surface area contributed by atoms with Gasteiger partial charge in [-0.1, -0.05) is 0 Å². The standard InChI is InChI=1S/C10H10FNO3/c1-6(10(14)15-2)9(13)7-3-8(11)5-12-4-7/h3-6H,1-2H3. The van der Waals surface area contributed by atoms with Gasteiger partial charge < -0.3 is 4.74 Å². The molecule has 1 aromatic heterocycles. The SMILES string of the molecule is COC(=O)C(C)C(=O)c1cncc(F)c1. The van der Waals surface area contributed by atoms with E-state index >= 15 is 0 Å². The Morgan fingerprint density at radius 3 is 2.67 bits per heavy atom. The van der Waals surface area contributed by atoms with Crippen molar-refractivity contribution in [1.29, 1.82) is 0 Å². The van der Waals surface area contributed by atoms with E-state index in [1.165, 1.54) is 20.2 Å². The first-order valence-electron chi connectivity index (χ1n) is 4.29. The zero-order valence-electron chi connectivity index (χ0n) is 8.36. The van der Waals surface area contributed by atoms with Gasteiger partial charge in [-0.15, -0.1) is 0 Å². The third-order valence-electron chi connectivity index (χ3n) is 1.94. The molecule has 0 amide bonds. The number of pyridine rings is 1. The van der Waals surface area contributed by atoms with Crippen molar-refractivity contribution in [2.45, 2.75) is 6.92 Å². The summed E-state index contributed by atoms with van der Waals surface area (Å²) in [6, 6.07) is 1.04. The molecule has 5 heteroatoms. The quantitative estimate of drug-likeness (QED) is 0.428. The van der Waals surface area contributed by atoms with Crippen LogP contribution < -0.4 is 0 Å². The van der Waals surface area contributed by atoms with Crippen molar-refractivity contribution in [2.75, 3.05) is 7.11 Å². The summed E-state index contributed by atoms with van der Waals surface area (Å²) in [5.41, 5.74) is 0.0629. The summed E-state index contributed by atoms with van der Waals surface area (Å²) in [5.74, 6) is -2.71. The lowest BCUT2D eigenvalue weighted by atomic mass is 10.0. The molecular formula is C10H10FNO3. The van der Waals surface area contributed by atoms with Crippen LogP contribution in [-0.4, -0.2) is 23.8 Å². The highest BCUT2D eigenvalue weighted by molar-refractivity contribution is 6.08. The number of hydrogen-bond donors (Lipinski definition) is 0. The van der Waals surface area contributed by atoms with Gasteiger partial charge in [-0.3, -0.25) is 14.6 Å².